The summed E-state index contributed by atoms with van der Waals surface area (Å²) in [7, 11) is 1.60. The maximum absolute atomic E-state index is 12.8. The van der Waals surface area contributed by atoms with E-state index >= 15 is 0 Å². The van der Waals surface area contributed by atoms with Crippen LogP contribution in [0.1, 0.15) is 35.1 Å². The number of benzene rings is 2. The van der Waals surface area contributed by atoms with E-state index in [0.717, 1.165) is 39.8 Å². The monoisotopic (exact) mass is 490 g/mol. The van der Waals surface area contributed by atoms with E-state index < -0.39 is 18.0 Å². The lowest BCUT2D eigenvalue weighted by Crippen LogP contribution is -2.32. The minimum absolute atomic E-state index is 0.328. The predicted octanol–water partition coefficient (Wildman–Crippen LogP) is 5.40. The molecule has 35 heavy (non-hydrogen) atoms. The molecule has 1 unspecified atom stereocenters. The quantitative estimate of drug-likeness (QED) is 0.320. The van der Waals surface area contributed by atoms with Gasteiger partial charge >= 0.3 is 5.97 Å². The Morgan fingerprint density at radius 2 is 1.86 bits per heavy atom. The summed E-state index contributed by atoms with van der Waals surface area (Å²) >= 11 is 1.30. The van der Waals surface area contributed by atoms with Crippen molar-refractivity contribution in [2.45, 2.75) is 33.3 Å². The topological polar surface area (TPSA) is 106 Å². The van der Waals surface area contributed by atoms with Crippen molar-refractivity contribution in [1.82, 2.24) is 15.0 Å². The van der Waals surface area contributed by atoms with Gasteiger partial charge in [0.05, 0.1) is 24.1 Å². The van der Waals surface area contributed by atoms with Crippen LogP contribution in [0.15, 0.2) is 53.9 Å². The van der Waals surface area contributed by atoms with Gasteiger partial charge in [0.1, 0.15) is 11.6 Å². The molecule has 0 spiro atoms. The third-order valence-corrected chi connectivity index (χ3v) is 6.29. The van der Waals surface area contributed by atoms with Gasteiger partial charge in [0.2, 0.25) is 0 Å². The molecule has 0 saturated heterocycles. The lowest BCUT2D eigenvalue weighted by molar-refractivity contribution is -0.124. The van der Waals surface area contributed by atoms with Crippen LogP contribution in [0.25, 0.3) is 22.6 Å². The Kier molecular flexibility index (Phi) is 7.26. The summed E-state index contributed by atoms with van der Waals surface area (Å²) in [5, 5.41) is 5.03. The second kappa shape index (κ2) is 10.5. The Morgan fingerprint density at radius 3 is 2.51 bits per heavy atom. The van der Waals surface area contributed by atoms with E-state index in [2.05, 4.69) is 20.3 Å². The normalized spacial score (nSPS) is 11.7. The van der Waals surface area contributed by atoms with Gasteiger partial charge in [0.15, 0.2) is 11.2 Å². The molecule has 9 heteroatoms. The molecular formula is C26H26N4O4S. The smallest absolute Gasteiger partial charge is 0.338 e. The Bertz CT molecular complexity index is 1320. The molecule has 180 valence electrons. The predicted molar refractivity (Wildman–Crippen MR) is 136 cm³/mol. The number of thiazole rings is 1. The molecule has 8 nitrogen and oxygen atoms in total. The van der Waals surface area contributed by atoms with Crippen molar-refractivity contribution in [2.75, 3.05) is 12.4 Å². The van der Waals surface area contributed by atoms with E-state index in [1.165, 1.54) is 11.3 Å². The number of imidazole rings is 1. The van der Waals surface area contributed by atoms with Crippen LogP contribution in [0.3, 0.4) is 0 Å². The summed E-state index contributed by atoms with van der Waals surface area (Å²) in [6.45, 7) is 5.67. The zero-order chi connectivity index (χ0) is 24.9. The molecule has 2 heterocycles. The van der Waals surface area contributed by atoms with Crippen molar-refractivity contribution in [3.63, 3.8) is 0 Å². The molecule has 0 aliphatic carbocycles. The van der Waals surface area contributed by atoms with Crippen LogP contribution in [0.2, 0.25) is 0 Å². The SMILES string of the molecule is CCC(OC(=O)c1ccc(-c2nc(C)c(C)[nH]2)cc1)C(=O)Nc1nc(-c2cccc(OC)c2)cs1. The number of rotatable bonds is 8. The third-order valence-electron chi connectivity index (χ3n) is 5.53. The number of ether oxygens (including phenoxy) is 2. The van der Waals surface area contributed by atoms with Crippen molar-refractivity contribution in [3.05, 3.63) is 70.9 Å². The van der Waals surface area contributed by atoms with E-state index in [-0.39, 0.29) is 0 Å². The van der Waals surface area contributed by atoms with Crippen LogP contribution < -0.4 is 10.1 Å². The van der Waals surface area contributed by atoms with Crippen molar-refractivity contribution < 1.29 is 19.1 Å². The van der Waals surface area contributed by atoms with Crippen LogP contribution in [0, 0.1) is 13.8 Å². The van der Waals surface area contributed by atoms with Crippen LogP contribution in [0.4, 0.5) is 5.13 Å². The first-order valence-corrected chi connectivity index (χ1v) is 12.0. The summed E-state index contributed by atoms with van der Waals surface area (Å²) in [6, 6.07) is 14.4. The highest BCUT2D eigenvalue weighted by atomic mass is 32.1. The number of aryl methyl sites for hydroxylation is 2. The number of amides is 1. The largest absolute Gasteiger partial charge is 0.497 e. The fraction of sp³-hybridized carbons (Fsp3) is 0.231. The molecule has 0 aliphatic heterocycles. The van der Waals surface area contributed by atoms with Gasteiger partial charge in [-0.3, -0.25) is 10.1 Å². The fourth-order valence-corrected chi connectivity index (χ4v) is 4.12. The van der Waals surface area contributed by atoms with Gasteiger partial charge in [-0.05, 0) is 44.5 Å². The molecule has 0 fully saturated rings. The average Bonchev–Trinajstić information content (AvgIpc) is 3.48. The highest BCUT2D eigenvalue weighted by molar-refractivity contribution is 7.14. The maximum Gasteiger partial charge on any atom is 0.338 e. The summed E-state index contributed by atoms with van der Waals surface area (Å²) in [5.41, 5.74) is 4.74. The number of H-pyrrole nitrogens is 1. The second-order valence-corrected chi connectivity index (χ2v) is 8.79. The lowest BCUT2D eigenvalue weighted by atomic mass is 10.1. The zero-order valence-electron chi connectivity index (χ0n) is 19.9. The van der Waals surface area contributed by atoms with E-state index in [4.69, 9.17) is 9.47 Å². The number of esters is 1. The standard InChI is InChI=1S/C26H26N4O4S/c1-5-22(24(31)30-26-29-21(14-35-26)19-7-6-8-20(13-19)33-4)34-25(32)18-11-9-17(10-12-18)23-27-15(2)16(3)28-23/h6-14,22H,5H2,1-4H3,(H,27,28)(H,29,30,31). The Labute approximate surface area is 207 Å². The molecule has 0 aliphatic rings. The number of hydrogen-bond donors (Lipinski definition) is 2. The highest BCUT2D eigenvalue weighted by Crippen LogP contribution is 2.28. The molecule has 0 bridgehead atoms. The fourth-order valence-electron chi connectivity index (χ4n) is 3.40. The first kappa shape index (κ1) is 24.2. The second-order valence-electron chi connectivity index (χ2n) is 7.93. The highest BCUT2D eigenvalue weighted by Gasteiger charge is 2.23. The van der Waals surface area contributed by atoms with Crippen molar-refractivity contribution in [1.29, 1.82) is 0 Å². The summed E-state index contributed by atoms with van der Waals surface area (Å²) < 4.78 is 10.8. The van der Waals surface area contributed by atoms with Gasteiger partial charge in [-0.25, -0.2) is 14.8 Å². The number of aromatic amines is 1. The first-order valence-electron chi connectivity index (χ1n) is 11.1. The third kappa shape index (κ3) is 5.58. The van der Waals surface area contributed by atoms with Crippen LogP contribution in [-0.2, 0) is 9.53 Å². The van der Waals surface area contributed by atoms with E-state index in [1.54, 1.807) is 38.3 Å². The van der Waals surface area contributed by atoms with Gasteiger partial charge in [-0.15, -0.1) is 11.3 Å². The molecular weight excluding hydrogens is 464 g/mol. The van der Waals surface area contributed by atoms with Crippen LogP contribution in [-0.4, -0.2) is 40.0 Å². The van der Waals surface area contributed by atoms with Crippen LogP contribution >= 0.6 is 11.3 Å². The Morgan fingerprint density at radius 1 is 1.09 bits per heavy atom. The molecule has 2 N–H and O–H groups in total. The number of methoxy groups -OCH3 is 1. The molecule has 1 amide bonds. The van der Waals surface area contributed by atoms with Gasteiger partial charge in [-0.2, -0.15) is 0 Å². The first-order chi connectivity index (χ1) is 16.9. The zero-order valence-corrected chi connectivity index (χ0v) is 20.7. The number of carbonyl (C=O) groups is 2. The summed E-state index contributed by atoms with van der Waals surface area (Å²) in [6.07, 6.45) is -0.615. The van der Waals surface area contributed by atoms with Crippen molar-refractivity contribution >= 4 is 28.3 Å². The Hall–Kier alpha value is -3.98. The molecule has 2 aromatic heterocycles. The minimum atomic E-state index is -0.943. The van der Waals surface area contributed by atoms with Gasteiger partial charge < -0.3 is 14.5 Å². The number of anilines is 1. The average molecular weight is 491 g/mol. The number of nitrogens with zero attached hydrogens (tertiary/aromatic N) is 2. The van der Waals surface area contributed by atoms with Gasteiger partial charge in [0.25, 0.3) is 5.91 Å². The lowest BCUT2D eigenvalue weighted by Gasteiger charge is -2.15. The minimum Gasteiger partial charge on any atom is -0.497 e. The number of carbonyl (C=O) groups excluding carboxylic acids is 2. The molecule has 4 rings (SSSR count). The van der Waals surface area contributed by atoms with E-state index in [0.29, 0.717) is 17.1 Å². The summed E-state index contributed by atoms with van der Waals surface area (Å²) in [4.78, 5) is 37.6. The molecule has 0 saturated carbocycles. The molecule has 1 atom stereocenters. The summed E-state index contributed by atoms with van der Waals surface area (Å²) in [5.74, 6) is 0.469. The molecule has 4 aromatic rings. The molecule has 0 radical (unpaired) electrons. The number of nitrogens with one attached hydrogen (secondary N) is 2. The molecule has 2 aromatic carbocycles. The van der Waals surface area contributed by atoms with Gasteiger partial charge in [0, 0.05) is 22.2 Å². The van der Waals surface area contributed by atoms with E-state index in [9.17, 15) is 9.59 Å². The number of aromatic nitrogens is 3. The van der Waals surface area contributed by atoms with E-state index in [1.807, 2.05) is 43.5 Å². The number of hydrogen-bond acceptors (Lipinski definition) is 7. The Balaban J connectivity index is 1.39. The van der Waals surface area contributed by atoms with Crippen LogP contribution in [0.5, 0.6) is 5.75 Å². The van der Waals surface area contributed by atoms with Gasteiger partial charge in [-0.1, -0.05) is 31.2 Å². The van der Waals surface area contributed by atoms with Crippen molar-refractivity contribution in [3.8, 4) is 28.4 Å². The maximum atomic E-state index is 12.8. The van der Waals surface area contributed by atoms with Crippen molar-refractivity contribution in [2.24, 2.45) is 0 Å².